The molecule has 2 N–H and O–H groups in total. The summed E-state index contributed by atoms with van der Waals surface area (Å²) >= 11 is 0. The lowest BCUT2D eigenvalue weighted by Gasteiger charge is -2.19. The maximum absolute atomic E-state index is 11.9. The molecular weight excluding hydrogens is 264 g/mol. The Morgan fingerprint density at radius 1 is 1.05 bits per heavy atom. The number of aryl methyl sites for hydroxylation is 1. The van der Waals surface area contributed by atoms with Crippen molar-refractivity contribution in [3.05, 3.63) is 47.9 Å². The van der Waals surface area contributed by atoms with Gasteiger partial charge in [-0.1, -0.05) is 17.7 Å². The van der Waals surface area contributed by atoms with Crippen LogP contribution in [0.5, 0.6) is 0 Å². The Hall–Kier alpha value is -2.43. The molecular formula is C16H20N4O. The lowest BCUT2D eigenvalue weighted by Crippen LogP contribution is -2.40. The molecule has 0 radical (unpaired) electrons. The fourth-order valence-electron chi connectivity index (χ4n) is 1.70. The highest BCUT2D eigenvalue weighted by Gasteiger charge is 2.16. The number of nitrogens with one attached hydrogen (secondary N) is 2. The van der Waals surface area contributed by atoms with Crippen LogP contribution in [0.15, 0.2) is 36.7 Å². The van der Waals surface area contributed by atoms with Crippen LogP contribution in [0, 0.1) is 6.92 Å². The number of nitrogens with zero attached hydrogens (tertiary/aromatic N) is 2. The summed E-state index contributed by atoms with van der Waals surface area (Å²) in [5, 5.41) is 5.99. The molecule has 2 rings (SSSR count). The van der Waals surface area contributed by atoms with Crippen molar-refractivity contribution in [2.75, 3.05) is 5.32 Å². The van der Waals surface area contributed by atoms with Crippen molar-refractivity contribution in [3.8, 4) is 0 Å². The molecule has 5 heteroatoms. The van der Waals surface area contributed by atoms with E-state index < -0.39 is 0 Å². The molecule has 1 aromatic heterocycles. The van der Waals surface area contributed by atoms with E-state index in [9.17, 15) is 4.79 Å². The molecule has 5 nitrogen and oxygen atoms in total. The van der Waals surface area contributed by atoms with Gasteiger partial charge in [-0.25, -0.2) is 9.97 Å². The average molecular weight is 284 g/mol. The first kappa shape index (κ1) is 15.0. The van der Waals surface area contributed by atoms with Crippen molar-refractivity contribution in [1.82, 2.24) is 15.3 Å². The first-order valence-corrected chi connectivity index (χ1v) is 6.82. The minimum absolute atomic E-state index is 0.225. The topological polar surface area (TPSA) is 66.9 Å². The number of carbonyl (C=O) groups excluding carboxylic acids is 1. The fraction of sp³-hybridized carbons (Fsp3) is 0.312. The highest BCUT2D eigenvalue weighted by molar-refractivity contribution is 5.92. The van der Waals surface area contributed by atoms with Gasteiger partial charge >= 0.3 is 0 Å². The Balaban J connectivity index is 2.05. The molecule has 1 heterocycles. The van der Waals surface area contributed by atoms with Gasteiger partial charge in [0.15, 0.2) is 0 Å². The van der Waals surface area contributed by atoms with Gasteiger partial charge in [-0.3, -0.25) is 4.79 Å². The summed E-state index contributed by atoms with van der Waals surface area (Å²) in [7, 11) is 0. The molecule has 21 heavy (non-hydrogen) atoms. The van der Waals surface area contributed by atoms with Crippen LogP contribution < -0.4 is 10.6 Å². The minimum Gasteiger partial charge on any atom is -0.346 e. The molecule has 0 spiro atoms. The lowest BCUT2D eigenvalue weighted by atomic mass is 10.1. The SMILES string of the molecule is Cc1ccc(Nc2cnc(C(=O)NC(C)(C)C)cn2)cc1. The molecule has 0 fully saturated rings. The van der Waals surface area contributed by atoms with Crippen molar-refractivity contribution >= 4 is 17.4 Å². The smallest absolute Gasteiger partial charge is 0.271 e. The molecule has 110 valence electrons. The second-order valence-corrected chi connectivity index (χ2v) is 5.98. The number of aromatic nitrogens is 2. The maximum atomic E-state index is 11.9. The molecule has 0 aliphatic rings. The van der Waals surface area contributed by atoms with E-state index in [1.807, 2.05) is 52.0 Å². The van der Waals surface area contributed by atoms with E-state index in [0.29, 0.717) is 11.5 Å². The molecule has 0 aliphatic heterocycles. The number of benzene rings is 1. The monoisotopic (exact) mass is 284 g/mol. The average Bonchev–Trinajstić information content (AvgIpc) is 2.40. The van der Waals surface area contributed by atoms with Gasteiger partial charge in [-0.2, -0.15) is 0 Å². The quantitative estimate of drug-likeness (QED) is 0.909. The molecule has 0 aliphatic carbocycles. The zero-order valence-electron chi connectivity index (χ0n) is 12.8. The van der Waals surface area contributed by atoms with Crippen LogP contribution in [0.3, 0.4) is 0 Å². The van der Waals surface area contributed by atoms with Crippen molar-refractivity contribution in [2.45, 2.75) is 33.2 Å². The molecule has 0 atom stereocenters. The summed E-state index contributed by atoms with van der Waals surface area (Å²) < 4.78 is 0. The number of hydrogen-bond donors (Lipinski definition) is 2. The molecule has 0 bridgehead atoms. The van der Waals surface area contributed by atoms with E-state index in [1.165, 1.54) is 11.8 Å². The second kappa shape index (κ2) is 5.91. The maximum Gasteiger partial charge on any atom is 0.271 e. The summed E-state index contributed by atoms with van der Waals surface area (Å²) in [4.78, 5) is 20.3. The van der Waals surface area contributed by atoms with Crippen molar-refractivity contribution in [2.24, 2.45) is 0 Å². The Bertz CT molecular complexity index is 612. The zero-order valence-corrected chi connectivity index (χ0v) is 12.8. The highest BCUT2D eigenvalue weighted by atomic mass is 16.2. The minimum atomic E-state index is -0.294. The van der Waals surface area contributed by atoms with Crippen molar-refractivity contribution < 1.29 is 4.79 Å². The van der Waals surface area contributed by atoms with Gasteiger partial charge in [0.05, 0.1) is 12.4 Å². The Morgan fingerprint density at radius 2 is 1.71 bits per heavy atom. The molecule has 0 unspecified atom stereocenters. The van der Waals surface area contributed by atoms with Crippen LogP contribution in [0.25, 0.3) is 0 Å². The summed E-state index contributed by atoms with van der Waals surface area (Å²) in [6, 6.07) is 7.97. The summed E-state index contributed by atoms with van der Waals surface area (Å²) in [6.07, 6.45) is 3.02. The van der Waals surface area contributed by atoms with Crippen LogP contribution in [0.2, 0.25) is 0 Å². The number of rotatable bonds is 3. The predicted octanol–water partition coefficient (Wildman–Crippen LogP) is 3.06. The predicted molar refractivity (Wildman–Crippen MR) is 83.7 cm³/mol. The van der Waals surface area contributed by atoms with Crippen molar-refractivity contribution in [1.29, 1.82) is 0 Å². The highest BCUT2D eigenvalue weighted by Crippen LogP contribution is 2.14. The fourth-order valence-corrected chi connectivity index (χ4v) is 1.70. The lowest BCUT2D eigenvalue weighted by molar-refractivity contribution is 0.0914. The van der Waals surface area contributed by atoms with E-state index in [0.717, 1.165) is 5.69 Å². The molecule has 0 saturated heterocycles. The van der Waals surface area contributed by atoms with Gasteiger partial charge in [0.25, 0.3) is 5.91 Å². The normalized spacial score (nSPS) is 11.0. The largest absolute Gasteiger partial charge is 0.346 e. The van der Waals surface area contributed by atoms with E-state index in [4.69, 9.17) is 0 Å². The van der Waals surface area contributed by atoms with Gasteiger partial charge in [0.2, 0.25) is 0 Å². The number of carbonyl (C=O) groups is 1. The van der Waals surface area contributed by atoms with Crippen molar-refractivity contribution in [3.63, 3.8) is 0 Å². The van der Waals surface area contributed by atoms with Crippen LogP contribution in [-0.4, -0.2) is 21.4 Å². The molecule has 1 aromatic carbocycles. The standard InChI is InChI=1S/C16H20N4O/c1-11-5-7-12(8-6-11)19-14-10-17-13(9-18-14)15(21)20-16(2,3)4/h5-10H,1-4H3,(H,18,19)(H,20,21). The number of hydrogen-bond acceptors (Lipinski definition) is 4. The van der Waals surface area contributed by atoms with Gasteiger partial charge in [0.1, 0.15) is 11.5 Å². The third-order valence-corrected chi connectivity index (χ3v) is 2.70. The Kier molecular flexibility index (Phi) is 4.21. The summed E-state index contributed by atoms with van der Waals surface area (Å²) in [6.45, 7) is 7.80. The van der Waals surface area contributed by atoms with Gasteiger partial charge < -0.3 is 10.6 Å². The third kappa shape index (κ3) is 4.56. The Labute approximate surface area is 124 Å². The van der Waals surface area contributed by atoms with E-state index in [2.05, 4.69) is 20.6 Å². The molecule has 1 amide bonds. The first-order valence-electron chi connectivity index (χ1n) is 6.82. The number of anilines is 2. The van der Waals surface area contributed by atoms with Gasteiger partial charge in [-0.05, 0) is 39.8 Å². The molecule has 2 aromatic rings. The van der Waals surface area contributed by atoms with Crippen LogP contribution in [0.1, 0.15) is 36.8 Å². The second-order valence-electron chi connectivity index (χ2n) is 5.98. The van der Waals surface area contributed by atoms with Gasteiger partial charge in [0, 0.05) is 11.2 Å². The molecule has 0 saturated carbocycles. The third-order valence-electron chi connectivity index (χ3n) is 2.70. The van der Waals surface area contributed by atoms with Crippen LogP contribution in [0.4, 0.5) is 11.5 Å². The van der Waals surface area contributed by atoms with E-state index in [1.54, 1.807) is 6.20 Å². The van der Waals surface area contributed by atoms with Crippen LogP contribution >= 0.6 is 0 Å². The zero-order chi connectivity index (χ0) is 15.5. The number of amides is 1. The van der Waals surface area contributed by atoms with E-state index in [-0.39, 0.29) is 11.4 Å². The summed E-state index contributed by atoms with van der Waals surface area (Å²) in [5.41, 5.74) is 2.14. The Morgan fingerprint density at radius 3 is 2.24 bits per heavy atom. The first-order chi connectivity index (χ1) is 9.83. The van der Waals surface area contributed by atoms with E-state index >= 15 is 0 Å². The van der Waals surface area contributed by atoms with Crippen LogP contribution in [-0.2, 0) is 0 Å². The summed E-state index contributed by atoms with van der Waals surface area (Å²) in [5.74, 6) is 0.378. The van der Waals surface area contributed by atoms with Gasteiger partial charge in [-0.15, -0.1) is 0 Å².